The van der Waals surface area contributed by atoms with Crippen molar-refractivity contribution in [3.8, 4) is 0 Å². The standard InChI is InChI=1S/C67H126O6/c1-4-7-10-13-16-19-22-25-27-28-29-30-31-32-33-34-35-36-37-38-39-40-43-45-48-51-54-57-60-66(69)72-63-64(62-71-65(68)59-56-53-50-47-44-41-24-21-18-15-12-9-6-3)73-67(70)61-58-55-52-49-46-42-26-23-20-17-14-11-8-5-2/h14,17,23,26,64H,4-13,15-16,18-22,24-25,27-63H2,1-3H3/b17-14-,26-23-. The average molecular weight is 1030 g/mol. The van der Waals surface area contributed by atoms with Gasteiger partial charge in [-0.1, -0.05) is 328 Å². The van der Waals surface area contributed by atoms with Crippen molar-refractivity contribution in [3.63, 3.8) is 0 Å². The van der Waals surface area contributed by atoms with Gasteiger partial charge in [-0.2, -0.15) is 0 Å². The summed E-state index contributed by atoms with van der Waals surface area (Å²) in [5.74, 6) is -0.860. The molecule has 73 heavy (non-hydrogen) atoms. The van der Waals surface area contributed by atoms with Crippen LogP contribution in [0, 0.1) is 0 Å². The van der Waals surface area contributed by atoms with Gasteiger partial charge in [0.2, 0.25) is 0 Å². The highest BCUT2D eigenvalue weighted by Gasteiger charge is 2.19. The van der Waals surface area contributed by atoms with Crippen LogP contribution >= 0.6 is 0 Å². The van der Waals surface area contributed by atoms with E-state index in [9.17, 15) is 14.4 Å². The summed E-state index contributed by atoms with van der Waals surface area (Å²) in [5, 5.41) is 0. The molecular formula is C67H126O6. The van der Waals surface area contributed by atoms with Crippen LogP contribution in [0.3, 0.4) is 0 Å². The third kappa shape index (κ3) is 60.6. The summed E-state index contributed by atoms with van der Waals surface area (Å²) >= 11 is 0. The number of carbonyl (C=O) groups is 3. The molecule has 6 nitrogen and oxygen atoms in total. The zero-order valence-corrected chi connectivity index (χ0v) is 49.4. The summed E-state index contributed by atoms with van der Waals surface area (Å²) in [6.07, 6.45) is 74.9. The van der Waals surface area contributed by atoms with E-state index in [0.717, 1.165) is 77.0 Å². The van der Waals surface area contributed by atoms with Gasteiger partial charge < -0.3 is 14.2 Å². The van der Waals surface area contributed by atoms with Gasteiger partial charge in [0, 0.05) is 19.3 Å². The van der Waals surface area contributed by atoms with Crippen molar-refractivity contribution in [2.45, 2.75) is 374 Å². The summed E-state index contributed by atoms with van der Waals surface area (Å²) in [4.78, 5) is 38.2. The number of carbonyl (C=O) groups excluding carboxylic acids is 3. The molecule has 0 radical (unpaired) electrons. The van der Waals surface area contributed by atoms with Gasteiger partial charge in [-0.25, -0.2) is 0 Å². The number of hydrogen-bond donors (Lipinski definition) is 0. The molecule has 1 atom stereocenters. The average Bonchev–Trinajstić information content (AvgIpc) is 3.39. The molecule has 0 amide bonds. The van der Waals surface area contributed by atoms with Crippen LogP contribution in [0.15, 0.2) is 24.3 Å². The number of rotatable bonds is 61. The third-order valence-corrected chi connectivity index (χ3v) is 15.0. The maximum atomic E-state index is 12.9. The minimum atomic E-state index is -0.774. The van der Waals surface area contributed by atoms with Gasteiger partial charge in [-0.3, -0.25) is 14.4 Å². The number of hydrogen-bond acceptors (Lipinski definition) is 6. The Balaban J connectivity index is 4.14. The first kappa shape index (κ1) is 70.9. The lowest BCUT2D eigenvalue weighted by atomic mass is 10.0. The van der Waals surface area contributed by atoms with Gasteiger partial charge in [0.25, 0.3) is 0 Å². The normalized spacial score (nSPS) is 12.1. The molecular weight excluding hydrogens is 901 g/mol. The van der Waals surface area contributed by atoms with Gasteiger partial charge in [0.15, 0.2) is 6.10 Å². The van der Waals surface area contributed by atoms with Gasteiger partial charge in [0.05, 0.1) is 0 Å². The topological polar surface area (TPSA) is 78.9 Å². The van der Waals surface area contributed by atoms with E-state index < -0.39 is 6.10 Å². The summed E-state index contributed by atoms with van der Waals surface area (Å²) in [6, 6.07) is 0. The highest BCUT2D eigenvalue weighted by atomic mass is 16.6. The molecule has 0 rings (SSSR count). The van der Waals surface area contributed by atoms with Crippen LogP contribution in [-0.4, -0.2) is 37.2 Å². The first-order chi connectivity index (χ1) is 36.0. The molecule has 0 aromatic heterocycles. The van der Waals surface area contributed by atoms with Crippen molar-refractivity contribution < 1.29 is 28.6 Å². The Morgan fingerprint density at radius 1 is 0.274 bits per heavy atom. The Morgan fingerprint density at radius 2 is 0.507 bits per heavy atom. The van der Waals surface area contributed by atoms with E-state index in [2.05, 4.69) is 45.1 Å². The Labute approximate surface area is 455 Å². The molecule has 0 saturated carbocycles. The fraction of sp³-hybridized carbons (Fsp3) is 0.896. The molecule has 0 aliphatic heterocycles. The highest BCUT2D eigenvalue weighted by Crippen LogP contribution is 2.18. The summed E-state index contributed by atoms with van der Waals surface area (Å²) < 4.78 is 16.9. The first-order valence-electron chi connectivity index (χ1n) is 32.8. The maximum Gasteiger partial charge on any atom is 0.306 e. The van der Waals surface area contributed by atoms with Crippen molar-refractivity contribution in [2.75, 3.05) is 13.2 Å². The van der Waals surface area contributed by atoms with E-state index in [4.69, 9.17) is 14.2 Å². The number of allylic oxidation sites excluding steroid dienone is 4. The van der Waals surface area contributed by atoms with E-state index in [1.54, 1.807) is 0 Å². The molecule has 430 valence electrons. The molecule has 0 N–H and O–H groups in total. The van der Waals surface area contributed by atoms with E-state index in [1.807, 2.05) is 0 Å². The second-order valence-electron chi connectivity index (χ2n) is 22.4. The molecule has 0 saturated heterocycles. The van der Waals surface area contributed by atoms with E-state index >= 15 is 0 Å². The van der Waals surface area contributed by atoms with Crippen LogP contribution in [0.4, 0.5) is 0 Å². The molecule has 6 heteroatoms. The van der Waals surface area contributed by atoms with Crippen LogP contribution < -0.4 is 0 Å². The quantitative estimate of drug-likeness (QED) is 0.0261. The molecule has 0 aromatic rings. The predicted molar refractivity (Wildman–Crippen MR) is 316 cm³/mol. The van der Waals surface area contributed by atoms with Crippen molar-refractivity contribution in [3.05, 3.63) is 24.3 Å². The van der Waals surface area contributed by atoms with Gasteiger partial charge in [-0.05, 0) is 44.9 Å². The van der Waals surface area contributed by atoms with Crippen LogP contribution in [0.25, 0.3) is 0 Å². The Bertz CT molecular complexity index is 1180. The van der Waals surface area contributed by atoms with Gasteiger partial charge in [0.1, 0.15) is 13.2 Å². The maximum absolute atomic E-state index is 12.9. The van der Waals surface area contributed by atoms with Crippen molar-refractivity contribution in [1.29, 1.82) is 0 Å². The van der Waals surface area contributed by atoms with E-state index in [1.165, 1.54) is 250 Å². The lowest BCUT2D eigenvalue weighted by Gasteiger charge is -2.18. The summed E-state index contributed by atoms with van der Waals surface area (Å²) in [6.45, 7) is 6.65. The van der Waals surface area contributed by atoms with Crippen molar-refractivity contribution in [2.24, 2.45) is 0 Å². The summed E-state index contributed by atoms with van der Waals surface area (Å²) in [5.41, 5.74) is 0. The fourth-order valence-corrected chi connectivity index (χ4v) is 9.99. The Morgan fingerprint density at radius 3 is 0.795 bits per heavy atom. The second kappa shape index (κ2) is 62.4. The number of ether oxygens (including phenoxy) is 3. The molecule has 0 aromatic carbocycles. The molecule has 0 heterocycles. The van der Waals surface area contributed by atoms with Crippen LogP contribution in [0.1, 0.15) is 367 Å². The Kier molecular flexibility index (Phi) is 60.6. The fourth-order valence-electron chi connectivity index (χ4n) is 9.99. The number of esters is 3. The second-order valence-corrected chi connectivity index (χ2v) is 22.4. The van der Waals surface area contributed by atoms with Gasteiger partial charge >= 0.3 is 17.9 Å². The monoisotopic (exact) mass is 1030 g/mol. The van der Waals surface area contributed by atoms with Crippen molar-refractivity contribution in [1.82, 2.24) is 0 Å². The largest absolute Gasteiger partial charge is 0.462 e. The zero-order chi connectivity index (χ0) is 52.9. The third-order valence-electron chi connectivity index (χ3n) is 15.0. The Hall–Kier alpha value is -2.11. The lowest BCUT2D eigenvalue weighted by molar-refractivity contribution is -0.167. The molecule has 0 spiro atoms. The van der Waals surface area contributed by atoms with Crippen molar-refractivity contribution >= 4 is 17.9 Å². The highest BCUT2D eigenvalue weighted by molar-refractivity contribution is 5.71. The summed E-state index contributed by atoms with van der Waals surface area (Å²) in [7, 11) is 0. The molecule has 0 fully saturated rings. The zero-order valence-electron chi connectivity index (χ0n) is 49.4. The van der Waals surface area contributed by atoms with E-state index in [0.29, 0.717) is 19.3 Å². The van der Waals surface area contributed by atoms with Crippen LogP contribution in [0.2, 0.25) is 0 Å². The lowest BCUT2D eigenvalue weighted by Crippen LogP contribution is -2.30. The SMILES string of the molecule is CCCC/C=C\C/C=C\CCCCCCCC(=O)OC(COC(=O)CCCCCCCCCCCCCCC)COC(=O)CCCCCCCCCCCCCCCCCCCCCCCCCCCCCC. The smallest absolute Gasteiger partial charge is 0.306 e. The molecule has 0 bridgehead atoms. The van der Waals surface area contributed by atoms with Crippen LogP contribution in [0.5, 0.6) is 0 Å². The van der Waals surface area contributed by atoms with Crippen LogP contribution in [-0.2, 0) is 28.6 Å². The number of unbranched alkanes of at least 4 members (excludes halogenated alkanes) is 46. The molecule has 0 aliphatic rings. The predicted octanol–water partition coefficient (Wildman–Crippen LogP) is 22.2. The first-order valence-corrected chi connectivity index (χ1v) is 32.8. The minimum absolute atomic E-state index is 0.0713. The minimum Gasteiger partial charge on any atom is -0.462 e. The molecule has 1 unspecified atom stereocenters. The van der Waals surface area contributed by atoms with Gasteiger partial charge in [-0.15, -0.1) is 0 Å². The van der Waals surface area contributed by atoms with E-state index in [-0.39, 0.29) is 31.1 Å². The molecule has 0 aliphatic carbocycles.